The first-order valence-electron chi connectivity index (χ1n) is 4.07. The summed E-state index contributed by atoms with van der Waals surface area (Å²) in [6.07, 6.45) is 12.4. The number of fused-ring (bicyclic) bond motifs is 1. The third-order valence-corrected chi connectivity index (χ3v) is 1.88. The molecule has 0 radical (unpaired) electrons. The first kappa shape index (κ1) is 7.11. The molecule has 0 unspecified atom stereocenters. The van der Waals surface area contributed by atoms with E-state index in [1.165, 1.54) is 11.1 Å². The maximum absolute atomic E-state index is 2.12. The van der Waals surface area contributed by atoms with Crippen molar-refractivity contribution in [1.82, 2.24) is 0 Å². The van der Waals surface area contributed by atoms with Crippen molar-refractivity contribution < 1.29 is 0 Å². The summed E-state index contributed by atoms with van der Waals surface area (Å²) in [4.78, 5) is 0. The highest BCUT2D eigenvalue weighted by molar-refractivity contribution is 5.67. The lowest BCUT2D eigenvalue weighted by Crippen LogP contribution is -1.79. The lowest BCUT2D eigenvalue weighted by Gasteiger charge is -2.00. The zero-order chi connectivity index (χ0) is 8.23. The number of allylic oxidation sites excluding steroid dienone is 4. The van der Waals surface area contributed by atoms with Crippen LogP contribution in [0.2, 0.25) is 0 Å². The SMILES string of the molecule is C1=C/C=C\c2ccccc2C=C1. The Labute approximate surface area is 72.5 Å². The van der Waals surface area contributed by atoms with E-state index in [4.69, 9.17) is 0 Å². The Balaban J connectivity index is 2.54. The van der Waals surface area contributed by atoms with Gasteiger partial charge in [0.15, 0.2) is 0 Å². The van der Waals surface area contributed by atoms with E-state index in [2.05, 4.69) is 48.6 Å². The molecule has 0 N–H and O–H groups in total. The molecule has 58 valence electrons. The highest BCUT2D eigenvalue weighted by Crippen LogP contribution is 2.13. The molecule has 0 amide bonds. The van der Waals surface area contributed by atoms with E-state index >= 15 is 0 Å². The van der Waals surface area contributed by atoms with Crippen LogP contribution in [0.15, 0.2) is 48.6 Å². The fraction of sp³-hybridized carbons (Fsp3) is 0. The smallest absolute Gasteiger partial charge is 0.0184 e. The topological polar surface area (TPSA) is 0 Å². The number of rotatable bonds is 0. The third kappa shape index (κ3) is 1.37. The molecule has 0 nitrogen and oxygen atoms in total. The molecule has 0 heteroatoms. The minimum absolute atomic E-state index is 1.28. The van der Waals surface area contributed by atoms with E-state index in [1.807, 2.05) is 12.2 Å². The van der Waals surface area contributed by atoms with Gasteiger partial charge in [-0.1, -0.05) is 60.7 Å². The van der Waals surface area contributed by atoms with E-state index in [0.29, 0.717) is 0 Å². The predicted octanol–water partition coefficient (Wildman–Crippen LogP) is 3.28. The summed E-state index contributed by atoms with van der Waals surface area (Å²) in [6, 6.07) is 8.36. The first-order chi connectivity index (χ1) is 5.97. The van der Waals surface area contributed by atoms with Gasteiger partial charge in [0.05, 0.1) is 0 Å². The maximum Gasteiger partial charge on any atom is -0.0184 e. The van der Waals surface area contributed by atoms with Gasteiger partial charge < -0.3 is 0 Å². The van der Waals surface area contributed by atoms with Gasteiger partial charge in [0, 0.05) is 0 Å². The van der Waals surface area contributed by atoms with E-state index in [-0.39, 0.29) is 0 Å². The molecule has 1 aliphatic rings. The van der Waals surface area contributed by atoms with Gasteiger partial charge in [0.2, 0.25) is 0 Å². The summed E-state index contributed by atoms with van der Waals surface area (Å²) in [7, 11) is 0. The second-order valence-corrected chi connectivity index (χ2v) is 2.73. The fourth-order valence-corrected chi connectivity index (χ4v) is 1.26. The minimum atomic E-state index is 1.28. The van der Waals surface area contributed by atoms with Gasteiger partial charge in [-0.15, -0.1) is 0 Å². The standard InChI is InChI=1S/C12H10/c1-2-4-8-12-10-6-5-9-11(12)7-3-1/h1-10H/b2-1?,3-1?,4-2?,7-3-,8-4?,11-7?,12-8?. The van der Waals surface area contributed by atoms with Crippen molar-refractivity contribution in [3.8, 4) is 0 Å². The molecular formula is C12H10. The largest absolute Gasteiger partial charge is 0.0622 e. The summed E-state index contributed by atoms with van der Waals surface area (Å²) in [5.74, 6) is 0. The summed E-state index contributed by atoms with van der Waals surface area (Å²) in [6.45, 7) is 0. The molecule has 0 bridgehead atoms. The van der Waals surface area contributed by atoms with Crippen LogP contribution in [0, 0.1) is 0 Å². The van der Waals surface area contributed by atoms with Crippen molar-refractivity contribution >= 4 is 12.2 Å². The molecular weight excluding hydrogens is 144 g/mol. The number of benzene rings is 1. The molecule has 1 aromatic carbocycles. The van der Waals surface area contributed by atoms with Crippen LogP contribution in [-0.4, -0.2) is 0 Å². The van der Waals surface area contributed by atoms with Crippen LogP contribution in [-0.2, 0) is 0 Å². The summed E-state index contributed by atoms with van der Waals surface area (Å²) in [5.41, 5.74) is 2.55. The zero-order valence-corrected chi connectivity index (χ0v) is 6.77. The van der Waals surface area contributed by atoms with Gasteiger partial charge in [0.1, 0.15) is 0 Å². The first-order valence-corrected chi connectivity index (χ1v) is 4.07. The molecule has 0 saturated carbocycles. The van der Waals surface area contributed by atoms with E-state index in [1.54, 1.807) is 0 Å². The van der Waals surface area contributed by atoms with Crippen LogP contribution >= 0.6 is 0 Å². The Morgan fingerprint density at radius 1 is 0.583 bits per heavy atom. The van der Waals surface area contributed by atoms with Crippen LogP contribution in [0.5, 0.6) is 0 Å². The highest BCUT2D eigenvalue weighted by atomic mass is 14.0. The predicted molar refractivity (Wildman–Crippen MR) is 53.7 cm³/mol. The highest BCUT2D eigenvalue weighted by Gasteiger charge is 1.93. The van der Waals surface area contributed by atoms with Crippen molar-refractivity contribution in [1.29, 1.82) is 0 Å². The monoisotopic (exact) mass is 154 g/mol. The van der Waals surface area contributed by atoms with Crippen molar-refractivity contribution in [2.45, 2.75) is 0 Å². The molecule has 0 aromatic heterocycles. The summed E-state index contributed by atoms with van der Waals surface area (Å²) >= 11 is 0. The Morgan fingerprint density at radius 2 is 1.08 bits per heavy atom. The lowest BCUT2D eigenvalue weighted by atomic mass is 10.1. The van der Waals surface area contributed by atoms with E-state index in [9.17, 15) is 0 Å². The maximum atomic E-state index is 2.12. The Kier molecular flexibility index (Phi) is 1.91. The van der Waals surface area contributed by atoms with Gasteiger partial charge in [-0.05, 0) is 11.1 Å². The molecule has 0 aliphatic heterocycles. The molecule has 0 fully saturated rings. The van der Waals surface area contributed by atoms with Gasteiger partial charge >= 0.3 is 0 Å². The molecule has 2 rings (SSSR count). The molecule has 1 aromatic rings. The Bertz CT molecular complexity index is 319. The fourth-order valence-electron chi connectivity index (χ4n) is 1.26. The average molecular weight is 154 g/mol. The third-order valence-electron chi connectivity index (χ3n) is 1.88. The van der Waals surface area contributed by atoms with Crippen molar-refractivity contribution in [2.75, 3.05) is 0 Å². The van der Waals surface area contributed by atoms with Gasteiger partial charge in [0.25, 0.3) is 0 Å². The normalized spacial score (nSPS) is 16.3. The van der Waals surface area contributed by atoms with Crippen molar-refractivity contribution in [2.24, 2.45) is 0 Å². The lowest BCUT2D eigenvalue weighted by molar-refractivity contribution is 1.60. The van der Waals surface area contributed by atoms with E-state index < -0.39 is 0 Å². The average Bonchev–Trinajstić information content (AvgIpc) is 2.06. The van der Waals surface area contributed by atoms with Gasteiger partial charge in [-0.25, -0.2) is 0 Å². The van der Waals surface area contributed by atoms with Crippen LogP contribution in [0.1, 0.15) is 11.1 Å². The number of hydrogen-bond donors (Lipinski definition) is 0. The van der Waals surface area contributed by atoms with Crippen LogP contribution < -0.4 is 0 Å². The molecule has 12 heavy (non-hydrogen) atoms. The minimum Gasteiger partial charge on any atom is -0.0622 e. The second kappa shape index (κ2) is 3.22. The van der Waals surface area contributed by atoms with Crippen LogP contribution in [0.25, 0.3) is 12.2 Å². The summed E-state index contributed by atoms with van der Waals surface area (Å²) in [5, 5.41) is 0. The zero-order valence-electron chi connectivity index (χ0n) is 6.77. The molecule has 0 atom stereocenters. The Morgan fingerprint density at radius 3 is 1.58 bits per heavy atom. The van der Waals surface area contributed by atoms with Crippen LogP contribution in [0.4, 0.5) is 0 Å². The van der Waals surface area contributed by atoms with Crippen molar-refractivity contribution in [3.05, 3.63) is 59.7 Å². The quantitative estimate of drug-likeness (QED) is 0.538. The van der Waals surface area contributed by atoms with E-state index in [0.717, 1.165) is 0 Å². The molecule has 0 heterocycles. The molecule has 0 saturated heterocycles. The van der Waals surface area contributed by atoms with Gasteiger partial charge in [-0.2, -0.15) is 0 Å². The molecule has 0 spiro atoms. The van der Waals surface area contributed by atoms with Gasteiger partial charge in [-0.3, -0.25) is 0 Å². The second-order valence-electron chi connectivity index (χ2n) is 2.73. The van der Waals surface area contributed by atoms with Crippen LogP contribution in [0.3, 0.4) is 0 Å². The number of hydrogen-bond acceptors (Lipinski definition) is 0. The Hall–Kier alpha value is -1.56. The molecule has 1 aliphatic carbocycles. The van der Waals surface area contributed by atoms with Crippen molar-refractivity contribution in [3.63, 3.8) is 0 Å². The summed E-state index contributed by atoms with van der Waals surface area (Å²) < 4.78 is 0.